The van der Waals surface area contributed by atoms with Crippen LogP contribution in [0.3, 0.4) is 0 Å². The Labute approximate surface area is 211 Å². The van der Waals surface area contributed by atoms with Crippen LogP contribution < -0.4 is 0 Å². The van der Waals surface area contributed by atoms with Crippen molar-refractivity contribution in [2.24, 2.45) is 5.92 Å². The van der Waals surface area contributed by atoms with E-state index in [9.17, 15) is 9.59 Å². The lowest BCUT2D eigenvalue weighted by atomic mass is 9.87. The third-order valence-electron chi connectivity index (χ3n) is 7.51. The fraction of sp³-hybridized carbons (Fsp3) is 0.519. The van der Waals surface area contributed by atoms with Gasteiger partial charge in [-0.15, -0.1) is 11.8 Å². The molecule has 3 atom stereocenters. The average Bonchev–Trinajstić information content (AvgIpc) is 3.43. The number of rotatable bonds is 9. The number of carbonyl (C=O) groups is 2. The predicted octanol–water partition coefficient (Wildman–Crippen LogP) is 4.20. The minimum Gasteiger partial charge on any atom is -0.379 e. The summed E-state index contributed by atoms with van der Waals surface area (Å²) < 4.78 is 5.67. The third-order valence-corrected chi connectivity index (χ3v) is 8.25. The first-order valence-corrected chi connectivity index (χ1v) is 13.7. The Balaban J connectivity index is 1.42. The Morgan fingerprint density at radius 2 is 1.97 bits per heavy atom. The van der Waals surface area contributed by atoms with Gasteiger partial charge in [0.1, 0.15) is 5.54 Å². The highest BCUT2D eigenvalue weighted by Gasteiger charge is 2.70. The maximum atomic E-state index is 14.0. The van der Waals surface area contributed by atoms with Gasteiger partial charge in [0.2, 0.25) is 0 Å². The van der Waals surface area contributed by atoms with E-state index < -0.39 is 5.54 Å². The van der Waals surface area contributed by atoms with E-state index in [2.05, 4.69) is 40.4 Å². The zero-order valence-corrected chi connectivity index (χ0v) is 21.5. The van der Waals surface area contributed by atoms with Gasteiger partial charge < -0.3 is 9.64 Å². The number of hydrogen-bond donors (Lipinski definition) is 0. The molecule has 1 spiro atoms. The van der Waals surface area contributed by atoms with Crippen molar-refractivity contribution >= 4 is 23.7 Å². The molecule has 5 rings (SSSR count). The number of amides is 3. The van der Waals surface area contributed by atoms with Crippen LogP contribution in [0.25, 0.3) is 0 Å². The van der Waals surface area contributed by atoms with Gasteiger partial charge in [0.25, 0.3) is 5.91 Å². The average molecular weight is 495 g/mol. The maximum absolute atomic E-state index is 14.0. The van der Waals surface area contributed by atoms with Crippen LogP contribution >= 0.6 is 11.8 Å². The summed E-state index contributed by atoms with van der Waals surface area (Å²) in [6.45, 7) is 6.95. The molecule has 0 saturated carbocycles. The number of pyridine rings is 1. The highest BCUT2D eigenvalue weighted by atomic mass is 32.2. The molecule has 4 heterocycles. The van der Waals surface area contributed by atoms with E-state index in [1.807, 2.05) is 36.9 Å². The lowest BCUT2D eigenvalue weighted by Gasteiger charge is -2.32. The molecule has 0 unspecified atom stereocenters. The smallest absolute Gasteiger partial charge is 0.328 e. The normalized spacial score (nSPS) is 26.2. The molecular formula is C27H34N4O3S. The lowest BCUT2D eigenvalue weighted by molar-refractivity contribution is -0.133. The molecule has 3 amide bonds. The van der Waals surface area contributed by atoms with E-state index in [0.717, 1.165) is 24.2 Å². The molecule has 0 aliphatic carbocycles. The zero-order valence-electron chi connectivity index (χ0n) is 20.7. The molecule has 8 heteroatoms. The zero-order chi connectivity index (χ0) is 24.6. The van der Waals surface area contributed by atoms with Crippen LogP contribution in [-0.4, -0.2) is 75.8 Å². The van der Waals surface area contributed by atoms with Gasteiger partial charge in [-0.3, -0.25) is 19.6 Å². The monoisotopic (exact) mass is 494 g/mol. The first kappa shape index (κ1) is 24.3. The first-order chi connectivity index (χ1) is 16.9. The summed E-state index contributed by atoms with van der Waals surface area (Å²) in [7, 11) is 0. The fourth-order valence-electron chi connectivity index (χ4n) is 5.98. The highest BCUT2D eigenvalue weighted by Crippen LogP contribution is 2.54. The number of ether oxygens (including phenoxy) is 1. The fourth-order valence-corrected chi connectivity index (χ4v) is 6.39. The first-order valence-electron chi connectivity index (χ1n) is 12.5. The van der Waals surface area contributed by atoms with Crippen molar-refractivity contribution in [2.45, 2.75) is 55.8 Å². The second-order valence-electron chi connectivity index (χ2n) is 10.0. The Hall–Kier alpha value is -2.42. The van der Waals surface area contributed by atoms with Crippen LogP contribution in [0.2, 0.25) is 0 Å². The highest BCUT2D eigenvalue weighted by molar-refractivity contribution is 7.98. The van der Waals surface area contributed by atoms with Crippen LogP contribution in [0, 0.1) is 5.92 Å². The molecule has 7 nitrogen and oxygen atoms in total. The number of carbonyl (C=O) groups excluding carboxylic acids is 2. The summed E-state index contributed by atoms with van der Waals surface area (Å²) in [4.78, 5) is 39.2. The molecular weight excluding hydrogens is 460 g/mol. The van der Waals surface area contributed by atoms with Gasteiger partial charge in [0, 0.05) is 49.8 Å². The second kappa shape index (κ2) is 9.91. The summed E-state index contributed by atoms with van der Waals surface area (Å²) in [5.74, 6) is 0.0635. The summed E-state index contributed by atoms with van der Waals surface area (Å²) in [6.07, 6.45) is 5.45. The predicted molar refractivity (Wildman–Crippen MR) is 136 cm³/mol. The molecule has 186 valence electrons. The van der Waals surface area contributed by atoms with E-state index in [0.29, 0.717) is 32.7 Å². The van der Waals surface area contributed by atoms with Crippen molar-refractivity contribution in [1.29, 1.82) is 0 Å². The molecule has 0 radical (unpaired) electrons. The Bertz CT molecular complexity index is 1060. The van der Waals surface area contributed by atoms with Crippen molar-refractivity contribution in [3.63, 3.8) is 0 Å². The van der Waals surface area contributed by atoms with E-state index >= 15 is 0 Å². The number of likely N-dealkylation sites (tertiary alicyclic amines) is 1. The van der Waals surface area contributed by atoms with Gasteiger partial charge in [-0.1, -0.05) is 18.2 Å². The Morgan fingerprint density at radius 3 is 2.66 bits per heavy atom. The summed E-state index contributed by atoms with van der Waals surface area (Å²) in [6, 6.07) is 14.1. The van der Waals surface area contributed by atoms with Crippen molar-refractivity contribution in [3.8, 4) is 0 Å². The SMILES string of the molecule is CSc1ccc([C@H]2C[C@@H]3CN(Cc4ccccn4)C[C@@]34C(=O)N(CCCOC(C)C)C(=O)N24)cc1. The maximum Gasteiger partial charge on any atom is 0.328 e. The van der Waals surface area contributed by atoms with Crippen molar-refractivity contribution in [2.75, 3.05) is 32.5 Å². The van der Waals surface area contributed by atoms with E-state index in [1.165, 1.54) is 9.80 Å². The van der Waals surface area contributed by atoms with Crippen molar-refractivity contribution < 1.29 is 14.3 Å². The molecule has 0 N–H and O–H groups in total. The van der Waals surface area contributed by atoms with Gasteiger partial charge in [-0.2, -0.15) is 0 Å². The molecule has 2 aromatic rings. The molecule has 1 aromatic heterocycles. The molecule has 3 fully saturated rings. The topological polar surface area (TPSA) is 66.0 Å². The molecule has 0 bridgehead atoms. The van der Waals surface area contributed by atoms with Crippen LogP contribution in [0.5, 0.6) is 0 Å². The lowest BCUT2D eigenvalue weighted by Crippen LogP contribution is -2.51. The Morgan fingerprint density at radius 1 is 1.17 bits per heavy atom. The van der Waals surface area contributed by atoms with Crippen molar-refractivity contribution in [3.05, 3.63) is 59.9 Å². The molecule has 3 aliphatic heterocycles. The summed E-state index contributed by atoms with van der Waals surface area (Å²) in [5, 5.41) is 0. The number of urea groups is 1. The van der Waals surface area contributed by atoms with Crippen LogP contribution in [0.15, 0.2) is 53.6 Å². The largest absolute Gasteiger partial charge is 0.379 e. The minimum atomic E-state index is -0.798. The van der Waals surface area contributed by atoms with Gasteiger partial charge >= 0.3 is 6.03 Å². The van der Waals surface area contributed by atoms with Crippen LogP contribution in [0.1, 0.15) is 44.0 Å². The third kappa shape index (κ3) is 4.36. The second-order valence-corrected chi connectivity index (χ2v) is 10.9. The van der Waals surface area contributed by atoms with Gasteiger partial charge in [0.05, 0.1) is 17.8 Å². The van der Waals surface area contributed by atoms with Gasteiger partial charge in [-0.05, 0) is 62.8 Å². The molecule has 1 aromatic carbocycles. The minimum absolute atomic E-state index is 0.0381. The molecule has 3 aliphatic rings. The molecule has 35 heavy (non-hydrogen) atoms. The van der Waals surface area contributed by atoms with Gasteiger partial charge in [-0.25, -0.2) is 4.79 Å². The number of hydrogen-bond acceptors (Lipinski definition) is 6. The molecule has 3 saturated heterocycles. The number of thioether (sulfide) groups is 1. The van der Waals surface area contributed by atoms with E-state index in [1.54, 1.807) is 18.0 Å². The standard InChI is InChI=1S/C27H34N4O3S/c1-19(2)34-14-6-13-30-25(32)27-18-29(17-22-7-4-5-12-28-22)16-21(27)15-24(31(27)26(30)33)20-8-10-23(35-3)11-9-20/h4-5,7-12,19,21,24H,6,13-18H2,1-3H3/t21-,24-,27+/m1/s1. The van der Waals surface area contributed by atoms with E-state index in [-0.39, 0.29) is 30.0 Å². The van der Waals surface area contributed by atoms with Crippen molar-refractivity contribution in [1.82, 2.24) is 19.7 Å². The Kier molecular flexibility index (Phi) is 6.88. The number of aromatic nitrogens is 1. The van der Waals surface area contributed by atoms with Crippen LogP contribution in [0.4, 0.5) is 4.79 Å². The number of benzene rings is 1. The number of nitrogens with zero attached hydrogens (tertiary/aromatic N) is 4. The van der Waals surface area contributed by atoms with E-state index in [4.69, 9.17) is 4.74 Å². The summed E-state index contributed by atoms with van der Waals surface area (Å²) >= 11 is 1.70. The number of imide groups is 1. The van der Waals surface area contributed by atoms with Crippen LogP contribution in [-0.2, 0) is 16.1 Å². The quantitative estimate of drug-likeness (QED) is 0.296. The summed E-state index contributed by atoms with van der Waals surface area (Å²) in [5.41, 5.74) is 1.30. The van der Waals surface area contributed by atoms with Gasteiger partial charge in [0.15, 0.2) is 0 Å².